The second kappa shape index (κ2) is 3.42. The zero-order valence-electron chi connectivity index (χ0n) is 10.4. The van der Waals surface area contributed by atoms with Crippen molar-refractivity contribution in [3.05, 3.63) is 34.9 Å². The van der Waals surface area contributed by atoms with Crippen LogP contribution in [0.1, 0.15) is 35.3 Å². The van der Waals surface area contributed by atoms with E-state index in [0.29, 0.717) is 18.8 Å². The van der Waals surface area contributed by atoms with Crippen molar-refractivity contribution in [1.82, 2.24) is 5.32 Å². The van der Waals surface area contributed by atoms with Gasteiger partial charge in [-0.25, -0.2) is 0 Å². The molecule has 0 atom stereocenters. The lowest BCUT2D eigenvalue weighted by atomic mass is 9.70. The molecule has 4 heteroatoms. The zero-order chi connectivity index (χ0) is 13.0. The van der Waals surface area contributed by atoms with Crippen LogP contribution in [0.2, 0.25) is 0 Å². The third-order valence-corrected chi connectivity index (χ3v) is 3.99. The molecule has 2 aliphatic heterocycles. The van der Waals surface area contributed by atoms with Gasteiger partial charge in [0.15, 0.2) is 0 Å². The maximum atomic E-state index is 12.2. The van der Waals surface area contributed by atoms with Gasteiger partial charge in [-0.15, -0.1) is 0 Å². The first-order valence-corrected chi connectivity index (χ1v) is 6.00. The lowest BCUT2D eigenvalue weighted by molar-refractivity contribution is -0.141. The molecule has 1 spiro atoms. The predicted molar refractivity (Wildman–Crippen MR) is 65.5 cm³/mol. The monoisotopic (exact) mass is 245 g/mol. The van der Waals surface area contributed by atoms with Crippen LogP contribution in [0.15, 0.2) is 18.2 Å². The number of benzene rings is 1. The van der Waals surface area contributed by atoms with Gasteiger partial charge >= 0.3 is 0 Å². The summed E-state index contributed by atoms with van der Waals surface area (Å²) in [5.41, 5.74) is 1.61. The first-order valence-electron chi connectivity index (χ1n) is 6.00. The van der Waals surface area contributed by atoms with E-state index in [-0.39, 0.29) is 11.4 Å². The predicted octanol–water partition coefficient (Wildman–Crippen LogP) is 1.13. The highest BCUT2D eigenvalue weighted by molar-refractivity contribution is 5.91. The van der Waals surface area contributed by atoms with E-state index in [9.17, 15) is 9.59 Å². The Bertz CT molecular complexity index is 544. The number of aldehydes is 1. The highest BCUT2D eigenvalue weighted by Crippen LogP contribution is 2.42. The molecular weight excluding hydrogens is 230 g/mol. The minimum absolute atomic E-state index is 0.0126. The number of carbonyl (C=O) groups is 2. The Labute approximate surface area is 105 Å². The molecule has 0 bridgehead atoms. The summed E-state index contributed by atoms with van der Waals surface area (Å²) in [6.07, 6.45) is 0.812. The molecule has 0 saturated carbocycles. The van der Waals surface area contributed by atoms with Crippen molar-refractivity contribution in [2.24, 2.45) is 0 Å². The number of ether oxygens (including phenoxy) is 1. The summed E-state index contributed by atoms with van der Waals surface area (Å²) in [5, 5.41) is 3.06. The summed E-state index contributed by atoms with van der Waals surface area (Å²) in [4.78, 5) is 23.1. The Morgan fingerprint density at radius 1 is 1.28 bits per heavy atom. The molecule has 1 fully saturated rings. The van der Waals surface area contributed by atoms with E-state index in [0.717, 1.165) is 17.4 Å². The van der Waals surface area contributed by atoms with Crippen LogP contribution in [0.3, 0.4) is 0 Å². The van der Waals surface area contributed by atoms with E-state index in [1.54, 1.807) is 6.07 Å². The molecule has 0 aromatic heterocycles. The second-order valence-electron chi connectivity index (χ2n) is 5.58. The molecule has 0 aliphatic carbocycles. The van der Waals surface area contributed by atoms with Crippen molar-refractivity contribution < 1.29 is 14.3 Å². The SMILES string of the molecule is CC1(C)C(=O)NC2(COC2)c2ccc(C=O)cc21. The van der Waals surface area contributed by atoms with Gasteiger partial charge in [0, 0.05) is 5.56 Å². The van der Waals surface area contributed by atoms with Gasteiger partial charge in [0.25, 0.3) is 0 Å². The number of hydrogen-bond acceptors (Lipinski definition) is 3. The number of hydrogen-bond donors (Lipinski definition) is 1. The average Bonchev–Trinajstić information content (AvgIpc) is 2.31. The number of rotatable bonds is 1. The van der Waals surface area contributed by atoms with E-state index in [4.69, 9.17) is 4.74 Å². The summed E-state index contributed by atoms with van der Waals surface area (Å²) in [6.45, 7) is 4.76. The quantitative estimate of drug-likeness (QED) is 0.755. The third-order valence-electron chi connectivity index (χ3n) is 3.99. The number of carbonyl (C=O) groups excluding carboxylic acids is 2. The first kappa shape index (κ1) is 11.4. The maximum absolute atomic E-state index is 12.2. The molecule has 1 saturated heterocycles. The fourth-order valence-corrected chi connectivity index (χ4v) is 2.67. The lowest BCUT2D eigenvalue weighted by Crippen LogP contribution is -2.66. The fraction of sp³-hybridized carbons (Fsp3) is 0.429. The lowest BCUT2D eigenvalue weighted by Gasteiger charge is -2.50. The summed E-state index contributed by atoms with van der Waals surface area (Å²) < 4.78 is 5.26. The molecule has 2 heterocycles. The van der Waals surface area contributed by atoms with Gasteiger partial charge in [-0.2, -0.15) is 0 Å². The number of nitrogens with one attached hydrogen (secondary N) is 1. The molecule has 4 nitrogen and oxygen atoms in total. The molecule has 2 aliphatic rings. The van der Waals surface area contributed by atoms with Crippen molar-refractivity contribution >= 4 is 12.2 Å². The van der Waals surface area contributed by atoms with Gasteiger partial charge in [-0.3, -0.25) is 9.59 Å². The Morgan fingerprint density at radius 2 is 2.00 bits per heavy atom. The fourth-order valence-electron chi connectivity index (χ4n) is 2.67. The summed E-state index contributed by atoms with van der Waals surface area (Å²) in [7, 11) is 0. The minimum Gasteiger partial charge on any atom is -0.376 e. The second-order valence-corrected chi connectivity index (χ2v) is 5.58. The molecule has 0 unspecified atom stereocenters. The Balaban J connectivity index is 2.23. The summed E-state index contributed by atoms with van der Waals surface area (Å²) in [5.74, 6) is -0.0126. The van der Waals surface area contributed by atoms with Crippen LogP contribution in [0.4, 0.5) is 0 Å². The Hall–Kier alpha value is -1.68. The van der Waals surface area contributed by atoms with Crippen molar-refractivity contribution in [3.8, 4) is 0 Å². The topological polar surface area (TPSA) is 55.4 Å². The highest BCUT2D eigenvalue weighted by atomic mass is 16.5. The zero-order valence-corrected chi connectivity index (χ0v) is 10.4. The smallest absolute Gasteiger partial charge is 0.230 e. The largest absolute Gasteiger partial charge is 0.376 e. The van der Waals surface area contributed by atoms with Crippen LogP contribution in [-0.2, 0) is 20.5 Å². The van der Waals surface area contributed by atoms with E-state index in [2.05, 4.69) is 5.32 Å². The van der Waals surface area contributed by atoms with Crippen molar-refractivity contribution in [2.45, 2.75) is 24.8 Å². The number of fused-ring (bicyclic) bond motifs is 2. The van der Waals surface area contributed by atoms with E-state index in [1.807, 2.05) is 26.0 Å². The average molecular weight is 245 g/mol. The molecule has 1 N–H and O–H groups in total. The van der Waals surface area contributed by atoms with Crippen molar-refractivity contribution in [2.75, 3.05) is 13.2 Å². The molecule has 94 valence electrons. The first-order chi connectivity index (χ1) is 8.49. The molecule has 1 aromatic rings. The highest BCUT2D eigenvalue weighted by Gasteiger charge is 2.51. The Kier molecular flexibility index (Phi) is 2.17. The van der Waals surface area contributed by atoms with Crippen LogP contribution in [0, 0.1) is 0 Å². The van der Waals surface area contributed by atoms with Gasteiger partial charge in [-0.1, -0.05) is 12.1 Å². The van der Waals surface area contributed by atoms with E-state index in [1.165, 1.54) is 0 Å². The van der Waals surface area contributed by atoms with Gasteiger partial charge in [0.2, 0.25) is 5.91 Å². The van der Waals surface area contributed by atoms with Gasteiger partial charge in [0.05, 0.1) is 18.6 Å². The molecule has 3 rings (SSSR count). The van der Waals surface area contributed by atoms with Gasteiger partial charge < -0.3 is 10.1 Å². The summed E-state index contributed by atoms with van der Waals surface area (Å²) in [6, 6.07) is 5.55. The van der Waals surface area contributed by atoms with Crippen molar-refractivity contribution in [3.63, 3.8) is 0 Å². The van der Waals surface area contributed by atoms with Crippen LogP contribution >= 0.6 is 0 Å². The Morgan fingerprint density at radius 3 is 2.56 bits per heavy atom. The van der Waals surface area contributed by atoms with E-state index < -0.39 is 5.41 Å². The maximum Gasteiger partial charge on any atom is 0.230 e. The normalized spacial score (nSPS) is 22.9. The van der Waals surface area contributed by atoms with E-state index >= 15 is 0 Å². The van der Waals surface area contributed by atoms with Crippen LogP contribution in [-0.4, -0.2) is 25.4 Å². The third kappa shape index (κ3) is 1.29. The molecule has 0 radical (unpaired) electrons. The molecular formula is C14H15NO3. The standard InChI is InChI=1S/C14H15NO3/c1-13(2)11-5-9(6-16)3-4-10(11)14(7-18-8-14)15-12(13)17/h3-6H,7-8H2,1-2H3,(H,15,17). The molecule has 18 heavy (non-hydrogen) atoms. The van der Waals surface area contributed by atoms with Gasteiger partial charge in [0.1, 0.15) is 11.8 Å². The molecule has 1 aromatic carbocycles. The summed E-state index contributed by atoms with van der Waals surface area (Å²) >= 11 is 0. The van der Waals surface area contributed by atoms with Gasteiger partial charge in [-0.05, 0) is 31.0 Å². The van der Waals surface area contributed by atoms with Crippen LogP contribution in [0.25, 0.3) is 0 Å². The molecule has 1 amide bonds. The minimum atomic E-state index is -0.616. The van der Waals surface area contributed by atoms with Crippen molar-refractivity contribution in [1.29, 1.82) is 0 Å². The van der Waals surface area contributed by atoms with Crippen LogP contribution < -0.4 is 5.32 Å². The number of amides is 1. The van der Waals surface area contributed by atoms with Crippen LogP contribution in [0.5, 0.6) is 0 Å².